The molecule has 1 aromatic heterocycles. The van der Waals surface area contributed by atoms with Crippen LogP contribution in [0.2, 0.25) is 0 Å². The van der Waals surface area contributed by atoms with Gasteiger partial charge in [-0.1, -0.05) is 24.3 Å². The molecule has 130 valence electrons. The van der Waals surface area contributed by atoms with E-state index in [0.29, 0.717) is 19.6 Å². The quantitative estimate of drug-likeness (QED) is 0.764. The van der Waals surface area contributed by atoms with Crippen LogP contribution in [0.3, 0.4) is 0 Å². The van der Waals surface area contributed by atoms with Gasteiger partial charge in [0.05, 0.1) is 18.7 Å². The van der Waals surface area contributed by atoms with E-state index in [2.05, 4.69) is 10.4 Å². The Morgan fingerprint density at radius 1 is 1.29 bits per heavy atom. The van der Waals surface area contributed by atoms with Gasteiger partial charge in [0.1, 0.15) is 0 Å². The largest absolute Gasteiger partial charge is 0.389 e. The second kappa shape index (κ2) is 8.08. The van der Waals surface area contributed by atoms with Crippen LogP contribution in [0.15, 0.2) is 42.7 Å². The molecule has 2 aromatic rings. The lowest BCUT2D eigenvalue weighted by molar-refractivity contribution is -0.122. The molecule has 0 aliphatic heterocycles. The Morgan fingerprint density at radius 2 is 2.00 bits per heavy atom. The van der Waals surface area contributed by atoms with Gasteiger partial charge >= 0.3 is 0 Å². The number of benzene rings is 1. The summed E-state index contributed by atoms with van der Waals surface area (Å²) in [5.74, 6) is -0.0596. The minimum atomic E-state index is -0.814. The molecule has 0 aliphatic carbocycles. The fourth-order valence-electron chi connectivity index (χ4n) is 2.66. The first kappa shape index (κ1) is 18.2. The highest BCUT2D eigenvalue weighted by atomic mass is 16.3. The lowest BCUT2D eigenvalue weighted by Gasteiger charge is -2.24. The predicted molar refractivity (Wildman–Crippen MR) is 93.4 cm³/mol. The Balaban J connectivity index is 1.89. The van der Waals surface area contributed by atoms with Gasteiger partial charge in [0, 0.05) is 25.5 Å². The molecular formula is C18H26N4O2. The van der Waals surface area contributed by atoms with Crippen LogP contribution >= 0.6 is 0 Å². The standard InChI is InChI=1S/C18H26N4O2/c1-18(2,24)14-21(3)13-17(23)19-11-15-7-4-5-8-16(15)12-22-10-6-9-20-22/h4-10,24H,11-14H2,1-3H3,(H,19,23). The maximum absolute atomic E-state index is 12.1. The molecule has 0 unspecified atom stereocenters. The summed E-state index contributed by atoms with van der Waals surface area (Å²) in [5, 5.41) is 17.0. The third kappa shape index (κ3) is 6.14. The van der Waals surface area contributed by atoms with Crippen molar-refractivity contribution in [2.75, 3.05) is 20.1 Å². The van der Waals surface area contributed by atoms with Crippen LogP contribution in [-0.2, 0) is 17.9 Å². The van der Waals surface area contributed by atoms with Crippen molar-refractivity contribution in [1.82, 2.24) is 20.0 Å². The molecule has 24 heavy (non-hydrogen) atoms. The number of hydrogen-bond donors (Lipinski definition) is 2. The molecule has 0 bridgehead atoms. The number of nitrogens with one attached hydrogen (secondary N) is 1. The zero-order chi connectivity index (χ0) is 17.6. The third-order valence-corrected chi connectivity index (χ3v) is 3.56. The molecule has 6 heteroatoms. The van der Waals surface area contributed by atoms with Crippen LogP contribution in [0.1, 0.15) is 25.0 Å². The van der Waals surface area contributed by atoms with E-state index in [0.717, 1.165) is 11.1 Å². The van der Waals surface area contributed by atoms with E-state index in [9.17, 15) is 9.90 Å². The van der Waals surface area contributed by atoms with Crippen LogP contribution in [0.25, 0.3) is 0 Å². The number of carbonyl (C=O) groups is 1. The molecule has 6 nitrogen and oxygen atoms in total. The lowest BCUT2D eigenvalue weighted by atomic mass is 10.1. The number of nitrogens with zero attached hydrogens (tertiary/aromatic N) is 3. The van der Waals surface area contributed by atoms with Crippen molar-refractivity contribution >= 4 is 5.91 Å². The summed E-state index contributed by atoms with van der Waals surface area (Å²) in [7, 11) is 1.82. The van der Waals surface area contributed by atoms with E-state index in [1.807, 2.05) is 53.2 Å². The smallest absolute Gasteiger partial charge is 0.234 e. The molecule has 1 aromatic carbocycles. The Hall–Kier alpha value is -2.18. The molecule has 2 rings (SSSR count). The molecule has 0 radical (unpaired) electrons. The summed E-state index contributed by atoms with van der Waals surface area (Å²) in [4.78, 5) is 13.9. The summed E-state index contributed by atoms with van der Waals surface area (Å²) < 4.78 is 1.86. The number of likely N-dealkylation sites (N-methyl/N-ethyl adjacent to an activating group) is 1. The average molecular weight is 330 g/mol. The first-order chi connectivity index (χ1) is 11.3. The van der Waals surface area contributed by atoms with Crippen molar-refractivity contribution in [2.24, 2.45) is 0 Å². The highest BCUT2D eigenvalue weighted by Crippen LogP contribution is 2.10. The van der Waals surface area contributed by atoms with Crippen LogP contribution < -0.4 is 5.32 Å². The number of aliphatic hydroxyl groups is 1. The number of carbonyl (C=O) groups excluding carboxylic acids is 1. The van der Waals surface area contributed by atoms with Crippen LogP contribution in [0, 0.1) is 0 Å². The topological polar surface area (TPSA) is 70.4 Å². The molecular weight excluding hydrogens is 304 g/mol. The Labute approximate surface area is 143 Å². The second-order valence-electron chi connectivity index (χ2n) is 6.73. The van der Waals surface area contributed by atoms with Crippen molar-refractivity contribution in [3.8, 4) is 0 Å². The number of rotatable bonds is 8. The third-order valence-electron chi connectivity index (χ3n) is 3.56. The average Bonchev–Trinajstić information content (AvgIpc) is 2.97. The van der Waals surface area contributed by atoms with Gasteiger partial charge in [0.2, 0.25) is 5.91 Å². The van der Waals surface area contributed by atoms with Gasteiger partial charge in [-0.15, -0.1) is 0 Å². The minimum absolute atomic E-state index is 0.0596. The molecule has 0 atom stereocenters. The van der Waals surface area contributed by atoms with Crippen LogP contribution in [-0.4, -0.2) is 51.4 Å². The first-order valence-corrected chi connectivity index (χ1v) is 8.05. The van der Waals surface area contributed by atoms with E-state index < -0.39 is 5.60 Å². The van der Waals surface area contributed by atoms with Gasteiger partial charge < -0.3 is 10.4 Å². The van der Waals surface area contributed by atoms with Crippen LogP contribution in [0.5, 0.6) is 0 Å². The zero-order valence-corrected chi connectivity index (χ0v) is 14.6. The van der Waals surface area contributed by atoms with E-state index in [4.69, 9.17) is 0 Å². The van der Waals surface area contributed by atoms with Gasteiger partial charge in [0.15, 0.2) is 0 Å². The van der Waals surface area contributed by atoms with E-state index in [1.165, 1.54) is 0 Å². The van der Waals surface area contributed by atoms with Crippen molar-refractivity contribution in [3.63, 3.8) is 0 Å². The van der Waals surface area contributed by atoms with Gasteiger partial charge in [-0.3, -0.25) is 14.4 Å². The Morgan fingerprint density at radius 3 is 2.62 bits per heavy atom. The second-order valence-corrected chi connectivity index (χ2v) is 6.73. The van der Waals surface area contributed by atoms with E-state index >= 15 is 0 Å². The highest BCUT2D eigenvalue weighted by Gasteiger charge is 2.17. The molecule has 0 saturated heterocycles. The normalized spacial score (nSPS) is 11.7. The van der Waals surface area contributed by atoms with E-state index in [1.54, 1.807) is 20.0 Å². The SMILES string of the molecule is CN(CC(=O)NCc1ccccc1Cn1cccn1)CC(C)(C)O. The molecule has 1 heterocycles. The van der Waals surface area contributed by atoms with Gasteiger partial charge in [0.25, 0.3) is 0 Å². The van der Waals surface area contributed by atoms with Gasteiger partial charge in [-0.25, -0.2) is 0 Å². The summed E-state index contributed by atoms with van der Waals surface area (Å²) in [6, 6.07) is 9.90. The predicted octanol–water partition coefficient (Wildman–Crippen LogP) is 1.25. The zero-order valence-electron chi connectivity index (χ0n) is 14.6. The summed E-state index contributed by atoms with van der Waals surface area (Å²) >= 11 is 0. The minimum Gasteiger partial charge on any atom is -0.389 e. The van der Waals surface area contributed by atoms with Crippen LogP contribution in [0.4, 0.5) is 0 Å². The number of amides is 1. The fourth-order valence-corrected chi connectivity index (χ4v) is 2.66. The highest BCUT2D eigenvalue weighted by molar-refractivity contribution is 5.78. The molecule has 0 saturated carbocycles. The number of hydrogen-bond acceptors (Lipinski definition) is 4. The molecule has 0 fully saturated rings. The maximum atomic E-state index is 12.1. The fraction of sp³-hybridized carbons (Fsp3) is 0.444. The van der Waals surface area contributed by atoms with Crippen molar-refractivity contribution in [2.45, 2.75) is 32.5 Å². The lowest BCUT2D eigenvalue weighted by Crippen LogP contribution is -2.41. The Bertz CT molecular complexity index is 647. The number of aromatic nitrogens is 2. The Kier molecular flexibility index (Phi) is 6.11. The van der Waals surface area contributed by atoms with Gasteiger partial charge in [-0.2, -0.15) is 5.10 Å². The first-order valence-electron chi connectivity index (χ1n) is 8.05. The van der Waals surface area contributed by atoms with E-state index in [-0.39, 0.29) is 12.5 Å². The molecule has 1 amide bonds. The molecule has 2 N–H and O–H groups in total. The molecule has 0 spiro atoms. The summed E-state index contributed by atoms with van der Waals surface area (Å²) in [5.41, 5.74) is 1.39. The summed E-state index contributed by atoms with van der Waals surface area (Å²) in [6.07, 6.45) is 3.67. The monoisotopic (exact) mass is 330 g/mol. The maximum Gasteiger partial charge on any atom is 0.234 e. The van der Waals surface area contributed by atoms with Gasteiger partial charge in [-0.05, 0) is 38.1 Å². The van der Waals surface area contributed by atoms with Crippen molar-refractivity contribution < 1.29 is 9.90 Å². The van der Waals surface area contributed by atoms with Crippen molar-refractivity contribution in [1.29, 1.82) is 0 Å². The summed E-state index contributed by atoms with van der Waals surface area (Å²) in [6.45, 7) is 5.31. The molecule has 0 aliphatic rings. The van der Waals surface area contributed by atoms with Crippen molar-refractivity contribution in [3.05, 3.63) is 53.9 Å².